The molecular formula is C71H122O12. The third kappa shape index (κ3) is 48.0. The van der Waals surface area contributed by atoms with Gasteiger partial charge < -0.3 is 39.0 Å². The minimum absolute atomic E-state index is 0.0532. The molecule has 83 heavy (non-hydrogen) atoms. The largest absolute Gasteiger partial charge is 0.479 e. The Morgan fingerprint density at radius 3 is 1.17 bits per heavy atom. The molecule has 1 rings (SSSR count). The van der Waals surface area contributed by atoms with Gasteiger partial charge in [0, 0.05) is 19.3 Å². The van der Waals surface area contributed by atoms with Crippen LogP contribution in [0.3, 0.4) is 0 Å². The minimum Gasteiger partial charge on any atom is -0.479 e. The van der Waals surface area contributed by atoms with Crippen molar-refractivity contribution in [2.75, 3.05) is 13.2 Å². The molecule has 0 saturated carbocycles. The SMILES string of the molecule is CC/C=C\C/C=C\C/C=C\C/C=C\CCCCCCCCC(=O)OCC(COC1OC(C(=O)O)C(O)C(O)C1OC(=O)CCCCCCCCC/C=C\CCCCCCCC)OC(=O)CCCCCCCCC/C=C\CCCCCCCC. The highest BCUT2D eigenvalue weighted by Crippen LogP contribution is 2.27. The maximum atomic E-state index is 13.2. The molecule has 1 fully saturated rings. The lowest BCUT2D eigenvalue weighted by atomic mass is 9.98. The molecule has 0 bridgehead atoms. The van der Waals surface area contributed by atoms with E-state index in [0.29, 0.717) is 19.3 Å². The van der Waals surface area contributed by atoms with Gasteiger partial charge in [-0.15, -0.1) is 0 Å². The van der Waals surface area contributed by atoms with E-state index in [1.54, 1.807) is 0 Å². The minimum atomic E-state index is -1.91. The van der Waals surface area contributed by atoms with Crippen molar-refractivity contribution >= 4 is 23.9 Å². The average Bonchev–Trinajstić information content (AvgIpc) is 3.59. The van der Waals surface area contributed by atoms with Crippen molar-refractivity contribution in [1.82, 2.24) is 0 Å². The number of hydrogen-bond donors (Lipinski definition) is 3. The molecular weight excluding hydrogens is 1040 g/mol. The van der Waals surface area contributed by atoms with E-state index in [2.05, 4.69) is 93.7 Å². The predicted octanol–water partition coefficient (Wildman–Crippen LogP) is 18.5. The topological polar surface area (TPSA) is 175 Å². The summed E-state index contributed by atoms with van der Waals surface area (Å²) < 4.78 is 28.6. The molecule has 1 heterocycles. The molecule has 1 saturated heterocycles. The molecule has 0 amide bonds. The van der Waals surface area contributed by atoms with Crippen LogP contribution < -0.4 is 0 Å². The molecule has 0 radical (unpaired) electrons. The Hall–Kier alpha value is -3.84. The van der Waals surface area contributed by atoms with Crippen LogP contribution in [0.4, 0.5) is 0 Å². The van der Waals surface area contributed by atoms with Crippen molar-refractivity contribution in [3.8, 4) is 0 Å². The lowest BCUT2D eigenvalue weighted by Gasteiger charge is -2.40. The summed E-state index contributed by atoms with van der Waals surface area (Å²) in [5, 5.41) is 31.6. The van der Waals surface area contributed by atoms with Crippen LogP contribution in [0.5, 0.6) is 0 Å². The Bertz CT molecular complexity index is 1720. The molecule has 12 nitrogen and oxygen atoms in total. The van der Waals surface area contributed by atoms with Gasteiger partial charge in [-0.05, 0) is 109 Å². The van der Waals surface area contributed by atoms with Crippen molar-refractivity contribution in [3.05, 3.63) is 72.9 Å². The summed E-state index contributed by atoms with van der Waals surface area (Å²) in [6.07, 6.45) is 62.8. The van der Waals surface area contributed by atoms with E-state index in [4.69, 9.17) is 23.7 Å². The zero-order chi connectivity index (χ0) is 60.3. The van der Waals surface area contributed by atoms with E-state index in [1.807, 2.05) is 0 Å². The Labute approximate surface area is 506 Å². The number of carboxylic acids is 1. The second kappa shape index (κ2) is 58.5. The fourth-order valence-corrected chi connectivity index (χ4v) is 10.1. The Balaban J connectivity index is 2.66. The molecule has 0 aromatic carbocycles. The lowest BCUT2D eigenvalue weighted by Crippen LogP contribution is -2.61. The molecule has 478 valence electrons. The zero-order valence-corrected chi connectivity index (χ0v) is 52.9. The van der Waals surface area contributed by atoms with E-state index in [1.165, 1.54) is 116 Å². The van der Waals surface area contributed by atoms with Crippen LogP contribution in [0.1, 0.15) is 303 Å². The maximum Gasteiger partial charge on any atom is 0.335 e. The van der Waals surface area contributed by atoms with Crippen LogP contribution in [-0.2, 0) is 42.9 Å². The highest BCUT2D eigenvalue weighted by Gasteiger charge is 2.50. The Morgan fingerprint density at radius 2 is 0.759 bits per heavy atom. The quantitative estimate of drug-likeness (QED) is 0.0228. The standard InChI is InChI=1S/C71H122O12/c1-4-7-10-13-16-19-22-25-28-31-32-35-36-39-42-45-48-51-54-57-63(72)79-60-62(81-64(73)58-55-52-49-46-43-40-37-33-29-26-23-20-17-14-11-8-5-2)61-80-71-69(67(76)66(75)68(83-71)70(77)78)82-65(74)59-56-53-50-47-44-41-38-34-30-27-24-21-18-15-12-9-6-3/h7,10,16,19,25-30,32,35,62,66-69,71,75-76H,4-6,8-9,11-15,17-18,20-24,31,33-34,36-61H2,1-3H3,(H,77,78)/b10-7-,19-16-,28-25-,29-26-,30-27-,35-32-. The van der Waals surface area contributed by atoms with Gasteiger partial charge >= 0.3 is 23.9 Å². The van der Waals surface area contributed by atoms with Gasteiger partial charge in [0.15, 0.2) is 24.6 Å². The number of carboxylic acid groups (broad SMARTS) is 1. The number of rotatable bonds is 58. The van der Waals surface area contributed by atoms with Crippen LogP contribution in [0.25, 0.3) is 0 Å². The predicted molar refractivity (Wildman–Crippen MR) is 340 cm³/mol. The fourth-order valence-electron chi connectivity index (χ4n) is 10.1. The van der Waals surface area contributed by atoms with Crippen LogP contribution in [0, 0.1) is 0 Å². The molecule has 3 N–H and O–H groups in total. The number of carbonyl (C=O) groups excluding carboxylic acids is 3. The van der Waals surface area contributed by atoms with Crippen molar-refractivity contribution in [3.63, 3.8) is 0 Å². The molecule has 12 heteroatoms. The van der Waals surface area contributed by atoms with Crippen LogP contribution in [-0.4, -0.2) is 89.2 Å². The van der Waals surface area contributed by atoms with Crippen molar-refractivity contribution < 1.29 is 58.2 Å². The van der Waals surface area contributed by atoms with Gasteiger partial charge in [0.05, 0.1) is 6.61 Å². The third-order valence-electron chi connectivity index (χ3n) is 15.2. The van der Waals surface area contributed by atoms with E-state index in [0.717, 1.165) is 128 Å². The number of ether oxygens (including phenoxy) is 5. The Kier molecular flexibility index (Phi) is 54.4. The van der Waals surface area contributed by atoms with Gasteiger partial charge in [0.1, 0.15) is 18.8 Å². The first kappa shape index (κ1) is 77.2. The molecule has 0 spiro atoms. The third-order valence-corrected chi connectivity index (χ3v) is 15.2. The van der Waals surface area contributed by atoms with Gasteiger partial charge in [-0.3, -0.25) is 14.4 Å². The number of allylic oxidation sites excluding steroid dienone is 12. The number of aliphatic hydroxyl groups excluding tert-OH is 2. The van der Waals surface area contributed by atoms with E-state index in [-0.39, 0.29) is 25.9 Å². The highest BCUT2D eigenvalue weighted by atomic mass is 16.7. The molecule has 1 aliphatic heterocycles. The average molecular weight is 1170 g/mol. The maximum absolute atomic E-state index is 13.2. The molecule has 0 aliphatic carbocycles. The summed E-state index contributed by atoms with van der Waals surface area (Å²) in [5.41, 5.74) is 0. The first-order valence-corrected chi connectivity index (χ1v) is 33.9. The van der Waals surface area contributed by atoms with Gasteiger partial charge in [-0.25, -0.2) is 4.79 Å². The summed E-state index contributed by atoms with van der Waals surface area (Å²) in [5.74, 6) is -3.13. The normalized spacial score (nSPS) is 18.0. The summed E-state index contributed by atoms with van der Waals surface area (Å²) in [4.78, 5) is 51.4. The monoisotopic (exact) mass is 1170 g/mol. The van der Waals surface area contributed by atoms with Gasteiger partial charge in [0.2, 0.25) is 0 Å². The summed E-state index contributed by atoms with van der Waals surface area (Å²) in [6.45, 7) is 5.90. The summed E-state index contributed by atoms with van der Waals surface area (Å²) in [7, 11) is 0. The Morgan fingerprint density at radius 1 is 0.410 bits per heavy atom. The van der Waals surface area contributed by atoms with Crippen LogP contribution >= 0.6 is 0 Å². The van der Waals surface area contributed by atoms with Gasteiger partial charge in [0.25, 0.3) is 0 Å². The fraction of sp³-hybridized carbons (Fsp3) is 0.775. The lowest BCUT2D eigenvalue weighted by molar-refractivity contribution is -0.301. The van der Waals surface area contributed by atoms with Gasteiger partial charge in [-0.2, -0.15) is 0 Å². The van der Waals surface area contributed by atoms with Crippen LogP contribution in [0.2, 0.25) is 0 Å². The van der Waals surface area contributed by atoms with E-state index in [9.17, 15) is 34.5 Å². The van der Waals surface area contributed by atoms with Crippen molar-refractivity contribution in [2.45, 2.75) is 340 Å². The van der Waals surface area contributed by atoms with E-state index >= 15 is 0 Å². The zero-order valence-electron chi connectivity index (χ0n) is 52.9. The second-order valence-electron chi connectivity index (χ2n) is 23.1. The number of esters is 3. The molecule has 0 aromatic rings. The molecule has 6 unspecified atom stereocenters. The number of carbonyl (C=O) groups is 4. The first-order chi connectivity index (χ1) is 40.6. The van der Waals surface area contributed by atoms with Crippen molar-refractivity contribution in [1.29, 1.82) is 0 Å². The number of unbranched alkanes of at least 4 members (excludes halogenated alkanes) is 32. The smallest absolute Gasteiger partial charge is 0.335 e. The number of hydrogen-bond acceptors (Lipinski definition) is 11. The summed E-state index contributed by atoms with van der Waals surface area (Å²) >= 11 is 0. The van der Waals surface area contributed by atoms with Crippen LogP contribution in [0.15, 0.2) is 72.9 Å². The molecule has 0 aromatic heterocycles. The highest BCUT2D eigenvalue weighted by molar-refractivity contribution is 5.74. The summed E-state index contributed by atoms with van der Waals surface area (Å²) in [6, 6.07) is 0. The molecule has 6 atom stereocenters. The molecule has 1 aliphatic rings. The first-order valence-electron chi connectivity index (χ1n) is 33.9. The number of aliphatic carboxylic acids is 1. The second-order valence-corrected chi connectivity index (χ2v) is 23.1. The number of aliphatic hydroxyl groups is 2. The van der Waals surface area contributed by atoms with Gasteiger partial charge in [-0.1, -0.05) is 248 Å². The van der Waals surface area contributed by atoms with Crippen molar-refractivity contribution in [2.24, 2.45) is 0 Å². The van der Waals surface area contributed by atoms with E-state index < -0.39 is 67.3 Å².